The van der Waals surface area contributed by atoms with Crippen LogP contribution in [0.3, 0.4) is 0 Å². The lowest BCUT2D eigenvalue weighted by Gasteiger charge is -2.15. The molecule has 6 nitrogen and oxygen atoms in total. The van der Waals surface area contributed by atoms with E-state index in [4.69, 9.17) is 6.42 Å². The number of benzene rings is 1. The zero-order valence-electron chi connectivity index (χ0n) is 12.2. The van der Waals surface area contributed by atoms with Gasteiger partial charge < -0.3 is 0 Å². The van der Waals surface area contributed by atoms with E-state index in [-0.39, 0.29) is 10.6 Å². The predicted octanol–water partition coefficient (Wildman–Crippen LogP) is 2.29. The van der Waals surface area contributed by atoms with Crippen molar-refractivity contribution in [2.24, 2.45) is 0 Å². The van der Waals surface area contributed by atoms with Crippen LogP contribution in [-0.4, -0.2) is 19.4 Å². The fraction of sp³-hybridized carbons (Fsp3) is 0.429. The van der Waals surface area contributed by atoms with Gasteiger partial charge >= 0.3 is 0 Å². The minimum absolute atomic E-state index is 0.106. The van der Waals surface area contributed by atoms with Gasteiger partial charge in [-0.1, -0.05) is 19.3 Å². The van der Waals surface area contributed by atoms with Gasteiger partial charge in [0.25, 0.3) is 5.69 Å². The van der Waals surface area contributed by atoms with Gasteiger partial charge in [-0.05, 0) is 31.4 Å². The third-order valence-electron chi connectivity index (χ3n) is 3.18. The second kappa shape index (κ2) is 6.70. The van der Waals surface area contributed by atoms with Crippen molar-refractivity contribution in [3.8, 4) is 12.3 Å². The SMILES string of the molecule is C#CC(CCC)NS(=O)(=O)c1cc([N+](=O)[O-])cc(C)c1C. The number of hydrogen-bond acceptors (Lipinski definition) is 4. The number of sulfonamides is 1. The highest BCUT2D eigenvalue weighted by Gasteiger charge is 2.24. The number of nitro benzene ring substituents is 1. The number of rotatable bonds is 6. The van der Waals surface area contributed by atoms with Crippen molar-refractivity contribution in [3.63, 3.8) is 0 Å². The number of terminal acetylenes is 1. The first-order valence-corrected chi connectivity index (χ1v) is 7.95. The molecule has 0 fully saturated rings. The van der Waals surface area contributed by atoms with Crippen LogP contribution in [0.25, 0.3) is 0 Å². The Hall–Kier alpha value is -1.91. The van der Waals surface area contributed by atoms with Crippen molar-refractivity contribution >= 4 is 15.7 Å². The number of aryl methyl sites for hydroxylation is 1. The molecule has 1 rings (SSSR count). The van der Waals surface area contributed by atoms with Crippen LogP contribution in [0.1, 0.15) is 30.9 Å². The highest BCUT2D eigenvalue weighted by atomic mass is 32.2. The third-order valence-corrected chi connectivity index (χ3v) is 4.78. The fourth-order valence-electron chi connectivity index (χ4n) is 1.91. The second-order valence-corrected chi connectivity index (χ2v) is 6.45. The van der Waals surface area contributed by atoms with E-state index in [1.807, 2.05) is 6.92 Å². The molecule has 0 aliphatic heterocycles. The predicted molar refractivity (Wildman–Crippen MR) is 80.4 cm³/mol. The van der Waals surface area contributed by atoms with Gasteiger partial charge in [-0.15, -0.1) is 6.42 Å². The van der Waals surface area contributed by atoms with Gasteiger partial charge in [0.15, 0.2) is 0 Å². The Bertz CT molecular complexity index is 690. The van der Waals surface area contributed by atoms with E-state index >= 15 is 0 Å². The van der Waals surface area contributed by atoms with Crippen LogP contribution in [0.2, 0.25) is 0 Å². The molecule has 0 saturated carbocycles. The molecular formula is C14H18N2O4S. The van der Waals surface area contributed by atoms with Crippen molar-refractivity contribution < 1.29 is 13.3 Å². The minimum atomic E-state index is -3.90. The van der Waals surface area contributed by atoms with E-state index in [0.29, 0.717) is 17.5 Å². The van der Waals surface area contributed by atoms with E-state index in [1.165, 1.54) is 6.07 Å². The number of nitrogens with zero attached hydrogens (tertiary/aromatic N) is 1. The van der Waals surface area contributed by atoms with Crippen LogP contribution in [0.5, 0.6) is 0 Å². The summed E-state index contributed by atoms with van der Waals surface area (Å²) < 4.78 is 27.2. The Morgan fingerprint density at radius 2 is 2.05 bits per heavy atom. The number of non-ortho nitro benzene ring substituents is 1. The summed E-state index contributed by atoms with van der Waals surface area (Å²) in [6.07, 6.45) is 6.53. The maximum atomic E-state index is 12.4. The zero-order valence-corrected chi connectivity index (χ0v) is 13.0. The van der Waals surface area contributed by atoms with Crippen molar-refractivity contribution in [1.29, 1.82) is 0 Å². The van der Waals surface area contributed by atoms with E-state index in [0.717, 1.165) is 12.5 Å². The molecule has 114 valence electrons. The van der Waals surface area contributed by atoms with Crippen LogP contribution in [0, 0.1) is 36.3 Å². The third kappa shape index (κ3) is 4.03. The van der Waals surface area contributed by atoms with Crippen LogP contribution < -0.4 is 4.72 Å². The first-order chi connectivity index (χ1) is 9.72. The van der Waals surface area contributed by atoms with Crippen LogP contribution >= 0.6 is 0 Å². The molecule has 0 bridgehead atoms. The second-order valence-electron chi connectivity index (χ2n) is 4.77. The van der Waals surface area contributed by atoms with Gasteiger partial charge in [0.05, 0.1) is 15.9 Å². The normalized spacial score (nSPS) is 12.7. The number of nitrogens with one attached hydrogen (secondary N) is 1. The Balaban J connectivity index is 3.31. The molecular weight excluding hydrogens is 292 g/mol. The monoisotopic (exact) mass is 310 g/mol. The van der Waals surface area contributed by atoms with E-state index in [1.54, 1.807) is 13.8 Å². The largest absolute Gasteiger partial charge is 0.271 e. The lowest BCUT2D eigenvalue weighted by molar-refractivity contribution is -0.385. The quantitative estimate of drug-likeness (QED) is 0.496. The molecule has 1 aromatic rings. The van der Waals surface area contributed by atoms with Crippen molar-refractivity contribution in [3.05, 3.63) is 33.4 Å². The maximum absolute atomic E-state index is 12.4. The van der Waals surface area contributed by atoms with Gasteiger partial charge in [-0.2, -0.15) is 4.72 Å². The van der Waals surface area contributed by atoms with E-state index in [9.17, 15) is 18.5 Å². The Kier molecular flexibility index (Phi) is 5.47. The summed E-state index contributed by atoms with van der Waals surface area (Å²) in [7, 11) is -3.90. The van der Waals surface area contributed by atoms with Crippen molar-refractivity contribution in [2.45, 2.75) is 44.6 Å². The molecule has 0 spiro atoms. The standard InChI is InChI=1S/C14H18N2O4S/c1-5-7-12(6-2)15-21(19,20)14-9-13(16(17)18)8-10(3)11(14)4/h2,8-9,12,15H,5,7H2,1,3-4H3. The molecule has 0 heterocycles. The van der Waals surface area contributed by atoms with Gasteiger partial charge in [-0.25, -0.2) is 8.42 Å². The van der Waals surface area contributed by atoms with Gasteiger partial charge in [0.2, 0.25) is 10.0 Å². The lowest BCUT2D eigenvalue weighted by atomic mass is 10.1. The molecule has 0 radical (unpaired) electrons. The maximum Gasteiger partial charge on any atom is 0.271 e. The lowest BCUT2D eigenvalue weighted by Crippen LogP contribution is -2.34. The molecule has 1 unspecified atom stereocenters. The smallest absolute Gasteiger partial charge is 0.258 e. The molecule has 0 amide bonds. The van der Waals surface area contributed by atoms with Gasteiger partial charge in [0, 0.05) is 12.1 Å². The molecule has 21 heavy (non-hydrogen) atoms. The first kappa shape index (κ1) is 17.1. The van der Waals surface area contributed by atoms with Crippen molar-refractivity contribution in [1.82, 2.24) is 4.72 Å². The number of nitro groups is 1. The summed E-state index contributed by atoms with van der Waals surface area (Å²) in [5, 5.41) is 10.9. The van der Waals surface area contributed by atoms with Crippen molar-refractivity contribution in [2.75, 3.05) is 0 Å². The molecule has 1 atom stereocenters. The van der Waals surface area contributed by atoms with E-state index in [2.05, 4.69) is 10.6 Å². The topological polar surface area (TPSA) is 89.3 Å². The first-order valence-electron chi connectivity index (χ1n) is 6.47. The summed E-state index contributed by atoms with van der Waals surface area (Å²) in [5.41, 5.74) is 0.754. The summed E-state index contributed by atoms with van der Waals surface area (Å²) in [6.45, 7) is 5.13. The average molecular weight is 310 g/mol. The summed E-state index contributed by atoms with van der Waals surface area (Å²) in [6, 6.07) is 1.78. The summed E-state index contributed by atoms with van der Waals surface area (Å²) in [5.74, 6) is 2.38. The molecule has 0 aliphatic rings. The summed E-state index contributed by atoms with van der Waals surface area (Å²) in [4.78, 5) is 10.2. The highest BCUT2D eigenvalue weighted by molar-refractivity contribution is 7.89. The molecule has 1 aromatic carbocycles. The fourth-order valence-corrected chi connectivity index (χ4v) is 3.44. The minimum Gasteiger partial charge on any atom is -0.258 e. The zero-order chi connectivity index (χ0) is 16.2. The van der Waals surface area contributed by atoms with Crippen LogP contribution in [-0.2, 0) is 10.0 Å². The molecule has 0 aliphatic carbocycles. The Morgan fingerprint density at radius 1 is 1.43 bits per heavy atom. The average Bonchev–Trinajstić information content (AvgIpc) is 2.40. The molecule has 1 N–H and O–H groups in total. The highest BCUT2D eigenvalue weighted by Crippen LogP contribution is 2.25. The molecule has 0 saturated heterocycles. The van der Waals surface area contributed by atoms with E-state index < -0.39 is 21.0 Å². The number of hydrogen-bond donors (Lipinski definition) is 1. The van der Waals surface area contributed by atoms with Gasteiger partial charge in [-0.3, -0.25) is 10.1 Å². The summed E-state index contributed by atoms with van der Waals surface area (Å²) >= 11 is 0. The van der Waals surface area contributed by atoms with Gasteiger partial charge in [0.1, 0.15) is 0 Å². The Labute approximate surface area is 124 Å². The Morgan fingerprint density at radius 3 is 2.52 bits per heavy atom. The molecule has 7 heteroatoms. The van der Waals surface area contributed by atoms with Crippen LogP contribution in [0.15, 0.2) is 17.0 Å². The molecule has 0 aromatic heterocycles. The van der Waals surface area contributed by atoms with Crippen LogP contribution in [0.4, 0.5) is 5.69 Å².